The SMILES string of the molecule is CC(=O)O[C@@H]1CC[C@]2(C)[C@H](CC[C@H]3[C@H]4CC[C@H](O)[C@]4(C)CC[C@@H]32)C1. The fraction of sp³-hybridized carbons (Fsp3) is 0.952. The quantitative estimate of drug-likeness (QED) is 0.726. The zero-order valence-electron chi connectivity index (χ0n) is 15.6. The lowest BCUT2D eigenvalue weighted by Crippen LogP contribution is -2.54. The Morgan fingerprint density at radius 3 is 2.42 bits per heavy atom. The maximum atomic E-state index is 11.3. The van der Waals surface area contributed by atoms with Crippen LogP contribution in [-0.4, -0.2) is 23.3 Å². The summed E-state index contributed by atoms with van der Waals surface area (Å²) in [6.45, 7) is 6.43. The fourth-order valence-corrected chi connectivity index (χ4v) is 7.53. The van der Waals surface area contributed by atoms with Crippen LogP contribution in [0.15, 0.2) is 0 Å². The summed E-state index contributed by atoms with van der Waals surface area (Å²) in [5, 5.41) is 10.5. The van der Waals surface area contributed by atoms with Gasteiger partial charge in [0.05, 0.1) is 6.10 Å². The van der Waals surface area contributed by atoms with Gasteiger partial charge in [-0.2, -0.15) is 0 Å². The van der Waals surface area contributed by atoms with Gasteiger partial charge in [-0.25, -0.2) is 0 Å². The molecule has 4 saturated carbocycles. The minimum Gasteiger partial charge on any atom is -0.463 e. The van der Waals surface area contributed by atoms with E-state index in [1.54, 1.807) is 0 Å². The van der Waals surface area contributed by atoms with Crippen LogP contribution in [-0.2, 0) is 9.53 Å². The molecule has 4 fully saturated rings. The minimum atomic E-state index is -0.120. The number of esters is 1. The summed E-state index contributed by atoms with van der Waals surface area (Å²) in [6.07, 6.45) is 10.8. The van der Waals surface area contributed by atoms with Crippen molar-refractivity contribution >= 4 is 5.97 Å². The van der Waals surface area contributed by atoms with Crippen LogP contribution < -0.4 is 0 Å². The molecule has 4 aliphatic carbocycles. The van der Waals surface area contributed by atoms with E-state index in [9.17, 15) is 9.90 Å². The highest BCUT2D eigenvalue weighted by atomic mass is 16.5. The van der Waals surface area contributed by atoms with E-state index in [4.69, 9.17) is 4.74 Å². The summed E-state index contributed by atoms with van der Waals surface area (Å²) in [6, 6.07) is 0. The largest absolute Gasteiger partial charge is 0.463 e. The Kier molecular flexibility index (Phi) is 4.02. The van der Waals surface area contributed by atoms with Gasteiger partial charge < -0.3 is 9.84 Å². The van der Waals surface area contributed by atoms with Crippen molar-refractivity contribution in [1.82, 2.24) is 0 Å². The van der Waals surface area contributed by atoms with Crippen molar-refractivity contribution in [1.29, 1.82) is 0 Å². The molecule has 0 amide bonds. The molecule has 0 aromatic carbocycles. The van der Waals surface area contributed by atoms with E-state index in [-0.39, 0.29) is 23.6 Å². The molecule has 0 saturated heterocycles. The molecule has 0 aromatic rings. The van der Waals surface area contributed by atoms with Crippen LogP contribution in [0.25, 0.3) is 0 Å². The molecule has 0 bridgehead atoms. The summed E-state index contributed by atoms with van der Waals surface area (Å²) in [4.78, 5) is 11.3. The van der Waals surface area contributed by atoms with Gasteiger partial charge in [-0.15, -0.1) is 0 Å². The summed E-state index contributed by atoms with van der Waals surface area (Å²) >= 11 is 0. The summed E-state index contributed by atoms with van der Waals surface area (Å²) < 4.78 is 5.55. The lowest BCUT2D eigenvalue weighted by molar-refractivity contribution is -0.161. The van der Waals surface area contributed by atoms with E-state index in [2.05, 4.69) is 13.8 Å². The Morgan fingerprint density at radius 1 is 0.958 bits per heavy atom. The third kappa shape index (κ3) is 2.37. The zero-order chi connectivity index (χ0) is 17.1. The van der Waals surface area contributed by atoms with Crippen LogP contribution >= 0.6 is 0 Å². The topological polar surface area (TPSA) is 46.5 Å². The first-order chi connectivity index (χ1) is 11.3. The number of aliphatic hydroxyl groups is 1. The molecule has 3 nitrogen and oxygen atoms in total. The van der Waals surface area contributed by atoms with E-state index in [1.807, 2.05) is 0 Å². The Labute approximate surface area is 146 Å². The average molecular weight is 335 g/mol. The van der Waals surface area contributed by atoms with Gasteiger partial charge in [0.15, 0.2) is 0 Å². The Morgan fingerprint density at radius 2 is 1.67 bits per heavy atom. The first-order valence-electron chi connectivity index (χ1n) is 10.2. The van der Waals surface area contributed by atoms with Crippen molar-refractivity contribution in [3.63, 3.8) is 0 Å². The van der Waals surface area contributed by atoms with Crippen LogP contribution in [0.5, 0.6) is 0 Å². The second kappa shape index (κ2) is 5.72. The summed E-state index contributed by atoms with van der Waals surface area (Å²) in [7, 11) is 0. The third-order valence-electron chi connectivity index (χ3n) is 8.90. The van der Waals surface area contributed by atoms with Crippen LogP contribution in [0.3, 0.4) is 0 Å². The molecule has 0 radical (unpaired) electrons. The van der Waals surface area contributed by atoms with Gasteiger partial charge in [0.25, 0.3) is 0 Å². The predicted octanol–water partition coefficient (Wildman–Crippen LogP) is 4.32. The monoisotopic (exact) mass is 334 g/mol. The van der Waals surface area contributed by atoms with Crippen molar-refractivity contribution < 1.29 is 14.6 Å². The lowest BCUT2D eigenvalue weighted by Gasteiger charge is -2.60. The highest BCUT2D eigenvalue weighted by Gasteiger charge is 2.60. The second-order valence-corrected chi connectivity index (χ2v) is 9.80. The number of fused-ring (bicyclic) bond motifs is 5. The summed E-state index contributed by atoms with van der Waals surface area (Å²) in [5.74, 6) is 2.96. The van der Waals surface area contributed by atoms with Crippen LogP contribution in [0.1, 0.15) is 78.6 Å². The normalized spacial score (nSPS) is 53.7. The molecule has 0 unspecified atom stereocenters. The second-order valence-electron chi connectivity index (χ2n) is 9.80. The third-order valence-corrected chi connectivity index (χ3v) is 8.90. The molecule has 24 heavy (non-hydrogen) atoms. The molecular formula is C21H34O3. The van der Waals surface area contributed by atoms with Crippen LogP contribution in [0.4, 0.5) is 0 Å². The minimum absolute atomic E-state index is 0.0753. The molecule has 0 aromatic heterocycles. The number of hydrogen-bond acceptors (Lipinski definition) is 3. The maximum absolute atomic E-state index is 11.3. The van der Waals surface area contributed by atoms with E-state index < -0.39 is 0 Å². The zero-order valence-corrected chi connectivity index (χ0v) is 15.6. The Bertz CT molecular complexity index is 517. The van der Waals surface area contributed by atoms with E-state index >= 15 is 0 Å². The number of carbonyl (C=O) groups is 1. The lowest BCUT2D eigenvalue weighted by atomic mass is 9.45. The van der Waals surface area contributed by atoms with E-state index in [0.717, 1.165) is 37.0 Å². The molecule has 4 aliphatic rings. The van der Waals surface area contributed by atoms with Crippen molar-refractivity contribution in [2.24, 2.45) is 34.5 Å². The van der Waals surface area contributed by atoms with Gasteiger partial charge in [0, 0.05) is 6.92 Å². The molecular weight excluding hydrogens is 300 g/mol. The number of rotatable bonds is 1. The molecule has 3 heteroatoms. The van der Waals surface area contributed by atoms with Crippen molar-refractivity contribution in [2.45, 2.75) is 90.8 Å². The number of hydrogen-bond donors (Lipinski definition) is 1. The first-order valence-corrected chi connectivity index (χ1v) is 10.2. The van der Waals surface area contributed by atoms with Gasteiger partial charge >= 0.3 is 5.97 Å². The van der Waals surface area contributed by atoms with Crippen molar-refractivity contribution in [3.05, 3.63) is 0 Å². The maximum Gasteiger partial charge on any atom is 0.302 e. The molecule has 4 rings (SSSR count). The van der Waals surface area contributed by atoms with Gasteiger partial charge in [-0.3, -0.25) is 4.79 Å². The van der Waals surface area contributed by atoms with E-state index in [0.29, 0.717) is 11.3 Å². The predicted molar refractivity (Wildman–Crippen MR) is 93.3 cm³/mol. The molecule has 0 aliphatic heterocycles. The smallest absolute Gasteiger partial charge is 0.302 e. The standard InChI is InChI=1S/C21H34O3/c1-13(22)24-15-8-10-20(2)14(12-15)4-5-16-17-6-7-19(23)21(17,3)11-9-18(16)20/h14-19,23H,4-12H2,1-3H3/t14-,15-,16+,17-,18+,19+,20-,21-/m1/s1. The van der Waals surface area contributed by atoms with Gasteiger partial charge in [0.1, 0.15) is 6.10 Å². The van der Waals surface area contributed by atoms with Gasteiger partial charge in [-0.1, -0.05) is 13.8 Å². The van der Waals surface area contributed by atoms with Crippen molar-refractivity contribution in [2.75, 3.05) is 0 Å². The van der Waals surface area contributed by atoms with E-state index in [1.165, 1.54) is 45.4 Å². The highest BCUT2D eigenvalue weighted by molar-refractivity contribution is 5.66. The molecule has 1 N–H and O–H groups in total. The van der Waals surface area contributed by atoms with Gasteiger partial charge in [0.2, 0.25) is 0 Å². The van der Waals surface area contributed by atoms with Crippen molar-refractivity contribution in [3.8, 4) is 0 Å². The molecule has 8 atom stereocenters. The number of ether oxygens (including phenoxy) is 1. The number of aliphatic hydroxyl groups excluding tert-OH is 1. The molecule has 0 spiro atoms. The average Bonchev–Trinajstić information content (AvgIpc) is 2.83. The number of carbonyl (C=O) groups excluding carboxylic acids is 1. The Hall–Kier alpha value is -0.570. The fourth-order valence-electron chi connectivity index (χ4n) is 7.53. The summed E-state index contributed by atoms with van der Waals surface area (Å²) in [5.41, 5.74) is 0.605. The molecule has 0 heterocycles. The first kappa shape index (κ1) is 16.9. The Balaban J connectivity index is 1.53. The van der Waals surface area contributed by atoms with Crippen LogP contribution in [0.2, 0.25) is 0 Å². The highest BCUT2D eigenvalue weighted by Crippen LogP contribution is 2.66. The molecule has 136 valence electrons. The van der Waals surface area contributed by atoms with Crippen LogP contribution in [0, 0.1) is 34.5 Å². The van der Waals surface area contributed by atoms with Gasteiger partial charge in [-0.05, 0) is 92.3 Å².